The van der Waals surface area contributed by atoms with Crippen molar-refractivity contribution < 1.29 is 13.2 Å². The first-order valence-electron chi connectivity index (χ1n) is 6.96. The van der Waals surface area contributed by atoms with Crippen molar-refractivity contribution in [2.75, 3.05) is 31.9 Å². The Balaban J connectivity index is 1.84. The van der Waals surface area contributed by atoms with Crippen LogP contribution >= 0.6 is 15.9 Å². The lowest BCUT2D eigenvalue weighted by molar-refractivity contribution is -0.131. The molecule has 7 heteroatoms. The summed E-state index contributed by atoms with van der Waals surface area (Å²) >= 11 is 3.28. The lowest BCUT2D eigenvalue weighted by Gasteiger charge is -2.27. The topological polar surface area (TPSA) is 66.5 Å². The van der Waals surface area contributed by atoms with E-state index < -0.39 is 9.84 Å². The Morgan fingerprint density at radius 3 is 2.43 bits per heavy atom. The van der Waals surface area contributed by atoms with E-state index in [2.05, 4.69) is 21.2 Å². The van der Waals surface area contributed by atoms with E-state index in [-0.39, 0.29) is 18.1 Å². The number of nitrogens with zero attached hydrogens (tertiary/aromatic N) is 1. The van der Waals surface area contributed by atoms with Gasteiger partial charge >= 0.3 is 0 Å². The van der Waals surface area contributed by atoms with E-state index in [0.717, 1.165) is 17.6 Å². The number of hydrogen-bond acceptors (Lipinski definition) is 4. The van der Waals surface area contributed by atoms with Crippen molar-refractivity contribution in [2.24, 2.45) is 0 Å². The first-order valence-corrected chi connectivity index (χ1v) is 9.40. The van der Waals surface area contributed by atoms with Gasteiger partial charge in [0, 0.05) is 37.1 Å². The van der Waals surface area contributed by atoms with Crippen LogP contribution in [0.4, 0.5) is 0 Å². The second-order valence-corrected chi connectivity index (χ2v) is 8.03. The summed E-state index contributed by atoms with van der Waals surface area (Å²) in [5, 5.41) is 3.18. The molecule has 1 N–H and O–H groups in total. The molecule has 0 aromatic heterocycles. The van der Waals surface area contributed by atoms with E-state index in [9.17, 15) is 13.2 Å². The van der Waals surface area contributed by atoms with Crippen molar-refractivity contribution in [2.45, 2.75) is 17.7 Å². The number of benzene rings is 1. The Labute approximate surface area is 133 Å². The number of piperazine rings is 1. The molecule has 1 heterocycles. The molecule has 0 saturated carbocycles. The summed E-state index contributed by atoms with van der Waals surface area (Å²) in [6.45, 7) is 3.03. The summed E-state index contributed by atoms with van der Waals surface area (Å²) in [5.74, 6) is 0.0504. The van der Waals surface area contributed by atoms with Gasteiger partial charge in [0.25, 0.3) is 0 Å². The van der Waals surface area contributed by atoms with Gasteiger partial charge in [-0.1, -0.05) is 15.9 Å². The van der Waals surface area contributed by atoms with Gasteiger partial charge < -0.3 is 10.2 Å². The third-order valence-corrected chi connectivity index (χ3v) is 5.79. The van der Waals surface area contributed by atoms with E-state index in [1.165, 1.54) is 0 Å². The smallest absolute Gasteiger partial charge is 0.222 e. The number of carbonyl (C=O) groups excluding carboxylic acids is 1. The zero-order valence-electron chi connectivity index (χ0n) is 11.7. The molecule has 116 valence electrons. The van der Waals surface area contributed by atoms with Crippen LogP contribution in [0.3, 0.4) is 0 Å². The van der Waals surface area contributed by atoms with Gasteiger partial charge in [-0.05, 0) is 30.7 Å². The highest BCUT2D eigenvalue weighted by Gasteiger charge is 2.18. The first-order chi connectivity index (χ1) is 9.99. The number of nitrogens with one attached hydrogen (secondary N) is 1. The molecule has 0 aliphatic carbocycles. The molecule has 0 radical (unpaired) electrons. The number of sulfone groups is 1. The van der Waals surface area contributed by atoms with Crippen LogP contribution in [0.25, 0.3) is 0 Å². The van der Waals surface area contributed by atoms with Crippen LogP contribution in [0.5, 0.6) is 0 Å². The zero-order valence-corrected chi connectivity index (χ0v) is 14.1. The molecule has 0 spiro atoms. The summed E-state index contributed by atoms with van der Waals surface area (Å²) in [5.41, 5.74) is 0. The van der Waals surface area contributed by atoms with Gasteiger partial charge in [-0.25, -0.2) is 8.42 Å². The first kappa shape index (κ1) is 16.5. The van der Waals surface area contributed by atoms with Gasteiger partial charge in [-0.2, -0.15) is 0 Å². The number of rotatable bonds is 5. The largest absolute Gasteiger partial charge is 0.340 e. The van der Waals surface area contributed by atoms with Crippen molar-refractivity contribution in [3.63, 3.8) is 0 Å². The lowest BCUT2D eigenvalue weighted by atomic mass is 10.2. The van der Waals surface area contributed by atoms with Crippen molar-refractivity contribution >= 4 is 31.7 Å². The highest BCUT2D eigenvalue weighted by atomic mass is 79.9. The van der Waals surface area contributed by atoms with E-state index in [1.54, 1.807) is 29.2 Å². The fourth-order valence-corrected chi connectivity index (χ4v) is 3.82. The molecule has 1 aliphatic rings. The molecule has 1 aliphatic heterocycles. The van der Waals surface area contributed by atoms with Crippen LogP contribution in [0.1, 0.15) is 12.8 Å². The summed E-state index contributed by atoms with van der Waals surface area (Å²) in [6.07, 6.45) is 0.650. The molecule has 0 bridgehead atoms. The zero-order chi connectivity index (χ0) is 15.3. The molecule has 1 fully saturated rings. The summed E-state index contributed by atoms with van der Waals surface area (Å²) in [4.78, 5) is 14.1. The molecule has 1 aromatic rings. The van der Waals surface area contributed by atoms with Gasteiger partial charge in [-0.15, -0.1) is 0 Å². The summed E-state index contributed by atoms with van der Waals surface area (Å²) < 4.78 is 25.1. The van der Waals surface area contributed by atoms with Gasteiger partial charge in [-0.3, -0.25) is 4.79 Å². The minimum atomic E-state index is -3.31. The highest BCUT2D eigenvalue weighted by Crippen LogP contribution is 2.17. The Morgan fingerprint density at radius 1 is 1.19 bits per heavy atom. The SMILES string of the molecule is O=C(CCCS(=O)(=O)c1ccc(Br)cc1)N1CCNCC1. The van der Waals surface area contributed by atoms with Gasteiger partial charge in [0.2, 0.25) is 5.91 Å². The van der Waals surface area contributed by atoms with Gasteiger partial charge in [0.1, 0.15) is 0 Å². The molecule has 0 atom stereocenters. The van der Waals surface area contributed by atoms with E-state index in [0.29, 0.717) is 24.4 Å². The average molecular weight is 375 g/mol. The van der Waals surface area contributed by atoms with Crippen molar-refractivity contribution in [1.82, 2.24) is 10.2 Å². The molecule has 21 heavy (non-hydrogen) atoms. The monoisotopic (exact) mass is 374 g/mol. The van der Waals surface area contributed by atoms with Crippen LogP contribution in [0, 0.1) is 0 Å². The van der Waals surface area contributed by atoms with E-state index in [4.69, 9.17) is 0 Å². The maximum atomic E-state index is 12.2. The summed E-state index contributed by atoms with van der Waals surface area (Å²) in [7, 11) is -3.31. The van der Waals surface area contributed by atoms with Crippen LogP contribution in [-0.4, -0.2) is 51.2 Å². The highest BCUT2D eigenvalue weighted by molar-refractivity contribution is 9.10. The standard InChI is InChI=1S/C14H19BrN2O3S/c15-12-3-5-13(6-4-12)21(19,20)11-1-2-14(18)17-9-7-16-8-10-17/h3-6,16H,1-2,7-11H2. The van der Waals surface area contributed by atoms with Crippen LogP contribution in [0.15, 0.2) is 33.6 Å². The number of halogens is 1. The maximum Gasteiger partial charge on any atom is 0.222 e. The third kappa shape index (κ3) is 4.79. The number of amides is 1. The second-order valence-electron chi connectivity index (χ2n) is 5.01. The number of hydrogen-bond donors (Lipinski definition) is 1. The Kier molecular flexibility index (Phi) is 5.78. The van der Waals surface area contributed by atoms with Gasteiger partial charge in [0.05, 0.1) is 10.6 Å². The molecular weight excluding hydrogens is 356 g/mol. The fraction of sp³-hybridized carbons (Fsp3) is 0.500. The van der Waals surface area contributed by atoms with Gasteiger partial charge in [0.15, 0.2) is 9.84 Å². The predicted octanol–water partition coefficient (Wildman–Crippen LogP) is 1.43. The Bertz CT molecular complexity index is 581. The van der Waals surface area contributed by atoms with E-state index in [1.807, 2.05) is 0 Å². The van der Waals surface area contributed by atoms with Crippen LogP contribution in [0.2, 0.25) is 0 Å². The third-order valence-electron chi connectivity index (χ3n) is 3.45. The minimum absolute atomic E-state index is 0.00641. The van der Waals surface area contributed by atoms with Crippen LogP contribution < -0.4 is 5.32 Å². The molecule has 1 aromatic carbocycles. The average Bonchev–Trinajstić information content (AvgIpc) is 2.48. The quantitative estimate of drug-likeness (QED) is 0.846. The summed E-state index contributed by atoms with van der Waals surface area (Å²) in [6, 6.07) is 6.58. The molecular formula is C14H19BrN2O3S. The number of carbonyl (C=O) groups is 1. The van der Waals surface area contributed by atoms with Crippen molar-refractivity contribution in [3.05, 3.63) is 28.7 Å². The lowest BCUT2D eigenvalue weighted by Crippen LogP contribution is -2.46. The molecule has 2 rings (SSSR count). The predicted molar refractivity (Wildman–Crippen MR) is 84.9 cm³/mol. The maximum absolute atomic E-state index is 12.2. The second kappa shape index (κ2) is 7.38. The minimum Gasteiger partial charge on any atom is -0.340 e. The molecule has 1 amide bonds. The molecule has 0 unspecified atom stereocenters. The fourth-order valence-electron chi connectivity index (χ4n) is 2.25. The van der Waals surface area contributed by atoms with E-state index >= 15 is 0 Å². The van der Waals surface area contributed by atoms with Crippen molar-refractivity contribution in [3.8, 4) is 0 Å². The normalized spacial score (nSPS) is 16.0. The molecule has 1 saturated heterocycles. The molecule has 5 nitrogen and oxygen atoms in total. The van der Waals surface area contributed by atoms with Crippen molar-refractivity contribution in [1.29, 1.82) is 0 Å². The Morgan fingerprint density at radius 2 is 1.81 bits per heavy atom. The Hall–Kier alpha value is -0.920. The van der Waals surface area contributed by atoms with Crippen LogP contribution in [-0.2, 0) is 14.6 Å².